The molecule has 4 nitrogen and oxygen atoms in total. The van der Waals surface area contributed by atoms with Crippen LogP contribution in [0, 0.1) is 6.57 Å². The first-order valence-electron chi connectivity index (χ1n) is 1.19. The third kappa shape index (κ3) is 2.76. The van der Waals surface area contributed by atoms with E-state index in [4.69, 9.17) is 6.57 Å². The summed E-state index contributed by atoms with van der Waals surface area (Å²) in [5.74, 6) is 0. The van der Waals surface area contributed by atoms with Crippen molar-refractivity contribution in [1.82, 2.24) is 5.43 Å². The molecule has 0 spiro atoms. The molecule has 0 bridgehead atoms. The molecule has 0 heterocycles. The van der Waals surface area contributed by atoms with Crippen LogP contribution < -0.4 is 11.2 Å². The minimum Gasteiger partial charge on any atom is -0.347 e. The number of carbonyl (C=O) groups excluding carboxylic acids is 1. The lowest BCUT2D eigenvalue weighted by molar-refractivity contribution is 0.252. The van der Waals surface area contributed by atoms with Crippen molar-refractivity contribution < 1.29 is 4.79 Å². The smallest absolute Gasteiger partial charge is 0.347 e. The second-order valence-corrected chi connectivity index (χ2v) is 0.588. The molecule has 0 rings (SSSR count). The van der Waals surface area contributed by atoms with Crippen molar-refractivity contribution in [2.24, 2.45) is 5.73 Å². The van der Waals surface area contributed by atoms with Crippen molar-refractivity contribution in [3.05, 3.63) is 11.5 Å². The molecule has 0 aromatic heterocycles. The third-order valence-electron chi connectivity index (χ3n) is 0.166. The van der Waals surface area contributed by atoms with Gasteiger partial charge in [-0.3, -0.25) is 0 Å². The average molecular weight is 85.1 g/mol. The number of nitrogens with zero attached hydrogens (tertiary/aromatic N) is 1. The molecule has 3 N–H and O–H groups in total. The van der Waals surface area contributed by atoms with Crippen LogP contribution in [0.25, 0.3) is 4.95 Å². The van der Waals surface area contributed by atoms with E-state index < -0.39 is 6.03 Å². The molecule has 4 heteroatoms. The van der Waals surface area contributed by atoms with Crippen LogP contribution in [0.3, 0.4) is 0 Å². The van der Waals surface area contributed by atoms with E-state index in [2.05, 4.69) is 10.7 Å². The fourth-order valence-corrected chi connectivity index (χ4v) is 0.0551. The molecule has 0 aromatic rings. The summed E-state index contributed by atoms with van der Waals surface area (Å²) in [6, 6.07) is -0.815. The van der Waals surface area contributed by atoms with Crippen LogP contribution >= 0.6 is 0 Å². The van der Waals surface area contributed by atoms with Gasteiger partial charge in [-0.1, -0.05) is 0 Å². The minimum atomic E-state index is -0.815. The van der Waals surface area contributed by atoms with Gasteiger partial charge in [0, 0.05) is 0 Å². The molecule has 0 aliphatic heterocycles. The topological polar surface area (TPSA) is 59.5 Å². The first kappa shape index (κ1) is 4.76. The molecule has 0 fully saturated rings. The Morgan fingerprint density at radius 2 is 2.50 bits per heavy atom. The van der Waals surface area contributed by atoms with Crippen LogP contribution in [-0.2, 0) is 0 Å². The molecule has 0 unspecified atom stereocenters. The number of rotatable bonds is 0. The quantitative estimate of drug-likeness (QED) is 0.302. The van der Waals surface area contributed by atoms with Crippen molar-refractivity contribution in [3.8, 4) is 0 Å². The number of carbonyl (C=O) groups is 1. The van der Waals surface area contributed by atoms with Gasteiger partial charge in [0.05, 0.1) is 0 Å². The van der Waals surface area contributed by atoms with E-state index in [1.807, 2.05) is 0 Å². The van der Waals surface area contributed by atoms with Crippen molar-refractivity contribution in [3.63, 3.8) is 0 Å². The Balaban J connectivity index is 3.13. The van der Waals surface area contributed by atoms with E-state index in [-0.39, 0.29) is 0 Å². The minimum absolute atomic E-state index is 0.815. The number of nitrogens with two attached hydrogens (primary N) is 1. The molecule has 0 aliphatic rings. The lowest BCUT2D eigenvalue weighted by atomic mass is 11.2. The van der Waals surface area contributed by atoms with Gasteiger partial charge in [-0.05, 0) is 5.43 Å². The Kier molecular flexibility index (Phi) is 1.61. The van der Waals surface area contributed by atoms with Gasteiger partial charge in [0.1, 0.15) is 0 Å². The fraction of sp³-hybridized carbons (Fsp3) is 0. The summed E-state index contributed by atoms with van der Waals surface area (Å²) in [5.41, 5.74) is 6.08. The average Bonchev–Trinajstić information content (AvgIpc) is 1.35. The summed E-state index contributed by atoms with van der Waals surface area (Å²) in [7, 11) is 0. The van der Waals surface area contributed by atoms with E-state index in [0.717, 1.165) is 0 Å². The van der Waals surface area contributed by atoms with E-state index >= 15 is 0 Å². The lowest BCUT2D eigenvalue weighted by Gasteiger charge is -1.73. The lowest BCUT2D eigenvalue weighted by Crippen LogP contribution is -2.22. The number of amides is 2. The Labute approximate surface area is 34.7 Å². The van der Waals surface area contributed by atoms with E-state index in [1.54, 1.807) is 5.43 Å². The largest absolute Gasteiger partial charge is 0.377 e. The van der Waals surface area contributed by atoms with Crippen LogP contribution in [-0.4, -0.2) is 6.03 Å². The summed E-state index contributed by atoms with van der Waals surface area (Å²) in [5, 5.41) is 0. The van der Waals surface area contributed by atoms with Crippen molar-refractivity contribution in [1.29, 1.82) is 0 Å². The zero-order chi connectivity index (χ0) is 4.99. The number of hydrogen-bond donors (Lipinski definition) is 2. The molecule has 0 radical (unpaired) electrons. The number of urea groups is 1. The maximum absolute atomic E-state index is 9.50. The molecule has 0 aliphatic carbocycles. The first-order valence-corrected chi connectivity index (χ1v) is 1.19. The zero-order valence-corrected chi connectivity index (χ0v) is 2.93. The zero-order valence-electron chi connectivity index (χ0n) is 2.93. The second-order valence-electron chi connectivity index (χ2n) is 0.588. The summed E-state index contributed by atoms with van der Waals surface area (Å²) in [6.07, 6.45) is 0. The number of hydrogen-bond acceptors (Lipinski definition) is 1. The molecule has 32 valence electrons. The predicted molar refractivity (Wildman–Crippen MR) is 19.3 cm³/mol. The van der Waals surface area contributed by atoms with Crippen LogP contribution in [0.5, 0.6) is 0 Å². The standard InChI is InChI=1S/C2H3N3O/c1-4-5-2(3)6/h(H3,3,5,6). The van der Waals surface area contributed by atoms with Gasteiger partial charge in [-0.15, -0.1) is 0 Å². The van der Waals surface area contributed by atoms with Crippen LogP contribution in [0.2, 0.25) is 0 Å². The highest BCUT2D eigenvalue weighted by molar-refractivity contribution is 5.71. The molecular formula is C2H3N3O. The highest BCUT2D eigenvalue weighted by Gasteiger charge is 1.84. The summed E-state index contributed by atoms with van der Waals surface area (Å²) in [4.78, 5) is 12.0. The summed E-state index contributed by atoms with van der Waals surface area (Å²) >= 11 is 0. The summed E-state index contributed by atoms with van der Waals surface area (Å²) < 4.78 is 0. The molecule has 0 aromatic carbocycles. The maximum atomic E-state index is 9.50. The molecule has 0 atom stereocenters. The Morgan fingerprint density at radius 1 is 2.00 bits per heavy atom. The normalized spacial score (nSPS) is 5.83. The fourth-order valence-electron chi connectivity index (χ4n) is 0.0551. The highest BCUT2D eigenvalue weighted by Crippen LogP contribution is 1.49. The van der Waals surface area contributed by atoms with Gasteiger partial charge >= 0.3 is 6.03 Å². The van der Waals surface area contributed by atoms with Gasteiger partial charge < -0.3 is 5.73 Å². The highest BCUT2D eigenvalue weighted by atomic mass is 16.2. The Hall–Kier alpha value is -1.24. The van der Waals surface area contributed by atoms with Gasteiger partial charge in [-0.2, -0.15) is 11.5 Å². The predicted octanol–water partition coefficient (Wildman–Crippen LogP) is -0.511. The van der Waals surface area contributed by atoms with Crippen molar-refractivity contribution in [2.75, 3.05) is 0 Å². The van der Waals surface area contributed by atoms with Gasteiger partial charge in [0.15, 0.2) is 0 Å². The molecule has 0 saturated carbocycles. The SMILES string of the molecule is [C-]#[N+]NC(N)=O. The maximum Gasteiger partial charge on any atom is 0.377 e. The number of primary amides is 1. The van der Waals surface area contributed by atoms with E-state index in [9.17, 15) is 4.79 Å². The number of nitrogens with one attached hydrogen (secondary N) is 1. The van der Waals surface area contributed by atoms with Gasteiger partial charge in [-0.25, -0.2) is 4.79 Å². The third-order valence-corrected chi connectivity index (χ3v) is 0.166. The monoisotopic (exact) mass is 85.0 g/mol. The second kappa shape index (κ2) is 2.03. The van der Waals surface area contributed by atoms with Crippen LogP contribution in [0.4, 0.5) is 4.79 Å². The Bertz CT molecular complexity index is 91.5. The van der Waals surface area contributed by atoms with Crippen LogP contribution in [0.1, 0.15) is 0 Å². The van der Waals surface area contributed by atoms with Crippen LogP contribution in [0.15, 0.2) is 0 Å². The molecule has 6 heavy (non-hydrogen) atoms. The molecular weight excluding hydrogens is 82.0 g/mol. The Morgan fingerprint density at radius 3 is 2.50 bits per heavy atom. The van der Waals surface area contributed by atoms with Crippen molar-refractivity contribution >= 4 is 6.03 Å². The first-order chi connectivity index (χ1) is 2.77. The summed E-state index contributed by atoms with van der Waals surface area (Å²) in [6.45, 7) is 5.95. The van der Waals surface area contributed by atoms with Gasteiger partial charge in [0.25, 0.3) is 0 Å². The van der Waals surface area contributed by atoms with Crippen molar-refractivity contribution in [2.45, 2.75) is 0 Å². The molecule has 0 saturated heterocycles. The van der Waals surface area contributed by atoms with Gasteiger partial charge in [0.2, 0.25) is 0 Å². The van der Waals surface area contributed by atoms with E-state index in [0.29, 0.717) is 0 Å². The van der Waals surface area contributed by atoms with E-state index in [1.165, 1.54) is 0 Å². The molecule has 2 amide bonds.